The molecule has 322 valence electrons. The van der Waals surface area contributed by atoms with E-state index in [1.165, 1.54) is 10.9 Å². The second-order valence-corrected chi connectivity index (χ2v) is 16.4. The number of aliphatic hydroxyl groups is 1. The van der Waals surface area contributed by atoms with Crippen LogP contribution in [-0.4, -0.2) is 111 Å². The molecule has 0 saturated carbocycles. The van der Waals surface area contributed by atoms with Crippen LogP contribution in [0.1, 0.15) is 48.9 Å². The quantitative estimate of drug-likeness (QED) is 0.154. The fourth-order valence-corrected chi connectivity index (χ4v) is 8.73. The molecule has 2 aromatic heterocycles. The summed E-state index contributed by atoms with van der Waals surface area (Å²) in [5.41, 5.74) is 3.13. The number of halogens is 1. The number of nitrogens with one attached hydrogen (secondary N) is 2. The number of carbonyl (C=O) groups is 3. The molecule has 2 aliphatic heterocycles. The Labute approximate surface area is 366 Å². The van der Waals surface area contributed by atoms with Crippen molar-refractivity contribution in [3.05, 3.63) is 105 Å². The molecule has 3 aliphatic rings. The SMILES string of the molecule is O=C(CCN1CCOCC1)Nc1ccc2c(=O)n(CC3(O)CCN(C(=O)[C@H](Cc4ccccc4)NC(=O)COc4ccc5c(Cl)c6c(nc5c4)CCCC6)CC3)cnc2c1.S. The number of hydrogen-bond acceptors (Lipinski definition) is 10. The van der Waals surface area contributed by atoms with Crippen LogP contribution in [0.25, 0.3) is 21.8 Å². The van der Waals surface area contributed by atoms with Gasteiger partial charge in [0.2, 0.25) is 11.8 Å². The standard InChI is InChI=1S/C45H50ClN7O7.H2S/c46-42-33-8-4-5-9-36(33)49-38-26-32(11-13-34(38)42)60-27-41(55)50-39(24-30-6-2-1-3-7-30)44(57)52-18-15-45(58,16-19-52)28-53-29-47-37-25-31(10-12-35(37)43(53)56)48-40(54)14-17-51-20-22-59-23-21-51;/h1-3,6-7,10-13,25-26,29,39,58H,4-5,8-9,14-24,27-28H2,(H,48,54)(H,50,55);1H2/t39-;/m0./s1. The number of pyridine rings is 1. The second-order valence-electron chi connectivity index (χ2n) is 16.0. The summed E-state index contributed by atoms with van der Waals surface area (Å²) in [7, 11) is 0. The molecule has 5 aromatic rings. The fraction of sp³-hybridized carbons (Fsp3) is 0.422. The van der Waals surface area contributed by atoms with Gasteiger partial charge in [-0.25, -0.2) is 4.98 Å². The molecule has 3 aromatic carbocycles. The zero-order valence-corrected chi connectivity index (χ0v) is 35.8. The number of ether oxygens (including phenoxy) is 2. The summed E-state index contributed by atoms with van der Waals surface area (Å²) in [5.74, 6) is -0.363. The van der Waals surface area contributed by atoms with Crippen molar-refractivity contribution in [1.29, 1.82) is 0 Å². The molecule has 0 spiro atoms. The van der Waals surface area contributed by atoms with Gasteiger partial charge in [0.15, 0.2) is 6.61 Å². The van der Waals surface area contributed by atoms with E-state index < -0.39 is 17.6 Å². The van der Waals surface area contributed by atoms with Gasteiger partial charge in [0.1, 0.15) is 11.8 Å². The van der Waals surface area contributed by atoms with E-state index in [2.05, 4.69) is 20.5 Å². The lowest BCUT2D eigenvalue weighted by molar-refractivity contribution is -0.140. The fourth-order valence-electron chi connectivity index (χ4n) is 8.37. The Morgan fingerprint density at radius 1 is 0.918 bits per heavy atom. The summed E-state index contributed by atoms with van der Waals surface area (Å²) < 4.78 is 12.7. The van der Waals surface area contributed by atoms with Crippen molar-refractivity contribution < 1.29 is 29.0 Å². The highest BCUT2D eigenvalue weighted by atomic mass is 35.5. The summed E-state index contributed by atoms with van der Waals surface area (Å²) in [6.07, 6.45) is 6.44. The van der Waals surface area contributed by atoms with Gasteiger partial charge in [-0.2, -0.15) is 13.5 Å². The van der Waals surface area contributed by atoms with Gasteiger partial charge in [-0.05, 0) is 80.0 Å². The number of hydrogen-bond donors (Lipinski definition) is 3. The number of amides is 3. The smallest absolute Gasteiger partial charge is 0.261 e. The van der Waals surface area contributed by atoms with E-state index in [9.17, 15) is 24.3 Å². The zero-order chi connectivity index (χ0) is 41.6. The number of fused-ring (bicyclic) bond motifs is 3. The van der Waals surface area contributed by atoms with Crippen LogP contribution in [0.3, 0.4) is 0 Å². The number of benzene rings is 3. The first-order valence-electron chi connectivity index (χ1n) is 20.8. The summed E-state index contributed by atoms with van der Waals surface area (Å²) in [4.78, 5) is 66.7. The Kier molecular flexibility index (Phi) is 14.3. The van der Waals surface area contributed by atoms with Crippen LogP contribution >= 0.6 is 25.1 Å². The third kappa shape index (κ3) is 10.7. The molecule has 3 amide bonds. The molecular weight excluding hydrogens is 818 g/mol. The first kappa shape index (κ1) is 44.0. The molecule has 14 nitrogen and oxygen atoms in total. The Morgan fingerprint density at radius 2 is 1.67 bits per heavy atom. The lowest BCUT2D eigenvalue weighted by Crippen LogP contribution is -2.55. The van der Waals surface area contributed by atoms with Crippen LogP contribution in [0.4, 0.5) is 5.69 Å². The number of carbonyl (C=O) groups excluding carboxylic acids is 3. The Hall–Kier alpha value is -5.06. The van der Waals surface area contributed by atoms with E-state index in [1.807, 2.05) is 36.4 Å². The Morgan fingerprint density at radius 3 is 2.46 bits per heavy atom. The highest BCUT2D eigenvalue weighted by molar-refractivity contribution is 7.59. The molecule has 1 aliphatic carbocycles. The summed E-state index contributed by atoms with van der Waals surface area (Å²) in [6, 6.07) is 19.0. The topological polar surface area (TPSA) is 168 Å². The molecule has 16 heteroatoms. The Bertz CT molecular complexity index is 2440. The van der Waals surface area contributed by atoms with Crippen LogP contribution in [0, 0.1) is 0 Å². The molecule has 2 saturated heterocycles. The second kappa shape index (κ2) is 19.8. The number of rotatable bonds is 13. The van der Waals surface area contributed by atoms with E-state index in [0.717, 1.165) is 66.0 Å². The van der Waals surface area contributed by atoms with Crippen molar-refractivity contribution in [2.75, 3.05) is 57.9 Å². The van der Waals surface area contributed by atoms with Crippen molar-refractivity contribution in [3.8, 4) is 5.75 Å². The van der Waals surface area contributed by atoms with E-state index in [0.29, 0.717) is 54.0 Å². The van der Waals surface area contributed by atoms with Crippen LogP contribution in [0.5, 0.6) is 5.75 Å². The maximum absolute atomic E-state index is 14.1. The van der Waals surface area contributed by atoms with Crippen molar-refractivity contribution in [2.45, 2.75) is 69.6 Å². The lowest BCUT2D eigenvalue weighted by Gasteiger charge is -2.39. The van der Waals surface area contributed by atoms with Crippen LogP contribution < -0.4 is 20.9 Å². The van der Waals surface area contributed by atoms with Gasteiger partial charge < -0.3 is 30.1 Å². The van der Waals surface area contributed by atoms with Crippen LogP contribution in [0.15, 0.2) is 77.9 Å². The molecule has 61 heavy (non-hydrogen) atoms. The molecule has 4 heterocycles. The average Bonchev–Trinajstić information content (AvgIpc) is 3.26. The summed E-state index contributed by atoms with van der Waals surface area (Å²) in [6.45, 7) is 3.75. The highest BCUT2D eigenvalue weighted by Gasteiger charge is 2.37. The number of aromatic nitrogens is 3. The normalized spacial score (nSPS) is 16.9. The largest absolute Gasteiger partial charge is 0.484 e. The number of likely N-dealkylation sites (tertiary alicyclic amines) is 1. The average molecular weight is 870 g/mol. The maximum atomic E-state index is 14.1. The molecule has 0 unspecified atom stereocenters. The third-order valence-corrected chi connectivity index (χ3v) is 12.2. The van der Waals surface area contributed by atoms with Crippen molar-refractivity contribution >= 4 is 70.3 Å². The van der Waals surface area contributed by atoms with Crippen LogP contribution in [0.2, 0.25) is 5.02 Å². The summed E-state index contributed by atoms with van der Waals surface area (Å²) in [5, 5.41) is 19.4. The van der Waals surface area contributed by atoms with Gasteiger partial charge in [-0.15, -0.1) is 0 Å². The number of anilines is 1. The van der Waals surface area contributed by atoms with Crippen molar-refractivity contribution in [3.63, 3.8) is 0 Å². The van der Waals surface area contributed by atoms with E-state index in [1.54, 1.807) is 35.2 Å². The van der Waals surface area contributed by atoms with E-state index >= 15 is 0 Å². The number of nitrogens with zero attached hydrogens (tertiary/aromatic N) is 5. The predicted octanol–water partition coefficient (Wildman–Crippen LogP) is 4.41. The predicted molar refractivity (Wildman–Crippen MR) is 239 cm³/mol. The monoisotopic (exact) mass is 869 g/mol. The first-order valence-corrected chi connectivity index (χ1v) is 21.2. The van der Waals surface area contributed by atoms with E-state index in [4.69, 9.17) is 26.1 Å². The van der Waals surface area contributed by atoms with Gasteiger partial charge in [0.25, 0.3) is 11.5 Å². The van der Waals surface area contributed by atoms with Gasteiger partial charge in [0.05, 0.1) is 53.1 Å². The molecule has 0 radical (unpaired) electrons. The molecule has 8 rings (SSSR count). The lowest BCUT2D eigenvalue weighted by atomic mass is 9.90. The van der Waals surface area contributed by atoms with E-state index in [-0.39, 0.29) is 76.4 Å². The highest BCUT2D eigenvalue weighted by Crippen LogP contribution is 2.34. The zero-order valence-electron chi connectivity index (χ0n) is 34.0. The molecular formula is C45H52ClN7O7S. The number of piperidine rings is 1. The number of morpholine rings is 1. The minimum atomic E-state index is -1.27. The minimum Gasteiger partial charge on any atom is -0.484 e. The van der Waals surface area contributed by atoms with Gasteiger partial charge in [0, 0.05) is 68.4 Å². The molecule has 1 atom stereocenters. The van der Waals surface area contributed by atoms with Gasteiger partial charge >= 0.3 is 0 Å². The molecule has 2 fully saturated rings. The molecule has 0 bridgehead atoms. The first-order chi connectivity index (χ1) is 29.1. The maximum Gasteiger partial charge on any atom is 0.261 e. The number of aryl methyl sites for hydroxylation is 1. The summed E-state index contributed by atoms with van der Waals surface area (Å²) >= 11 is 6.75. The van der Waals surface area contributed by atoms with Crippen LogP contribution in [-0.2, 0) is 44.9 Å². The van der Waals surface area contributed by atoms with Crippen molar-refractivity contribution in [1.82, 2.24) is 29.7 Å². The molecule has 3 N–H and O–H groups in total. The third-order valence-electron chi connectivity index (χ3n) is 11.8. The minimum absolute atomic E-state index is 0. The van der Waals surface area contributed by atoms with Gasteiger partial charge in [-0.3, -0.25) is 33.6 Å². The Balaban J connectivity index is 0.00000561. The van der Waals surface area contributed by atoms with Gasteiger partial charge in [-0.1, -0.05) is 41.9 Å². The van der Waals surface area contributed by atoms with Crippen molar-refractivity contribution in [2.24, 2.45) is 0 Å².